The number of aryl methyl sites for hydroxylation is 3. The second kappa shape index (κ2) is 6.25. The third-order valence-corrected chi connectivity index (χ3v) is 5.19. The summed E-state index contributed by atoms with van der Waals surface area (Å²) in [7, 11) is -1.97. The van der Waals surface area contributed by atoms with Crippen LogP contribution in [0.15, 0.2) is 28.4 Å². The number of hydrogen-bond donors (Lipinski definition) is 1. The summed E-state index contributed by atoms with van der Waals surface area (Å²) in [5.41, 5.74) is 1.78. The van der Waals surface area contributed by atoms with Crippen LogP contribution >= 0.6 is 0 Å². The number of nitrogens with one attached hydrogen (secondary N) is 1. The van der Waals surface area contributed by atoms with Crippen LogP contribution in [0.25, 0.3) is 0 Å². The zero-order valence-corrected chi connectivity index (χ0v) is 13.7. The van der Waals surface area contributed by atoms with Crippen molar-refractivity contribution in [1.82, 2.24) is 24.1 Å². The summed E-state index contributed by atoms with van der Waals surface area (Å²) in [6.45, 7) is 0.281. The van der Waals surface area contributed by atoms with Gasteiger partial charge in [-0.25, -0.2) is 22.8 Å². The molecule has 0 fully saturated rings. The number of imidazole rings is 1. The van der Waals surface area contributed by atoms with E-state index in [1.165, 1.54) is 17.2 Å². The molecular formula is C14H19N5O3S. The highest BCUT2D eigenvalue weighted by atomic mass is 32.2. The number of fused-ring (bicyclic) bond motifs is 1. The lowest BCUT2D eigenvalue weighted by atomic mass is 9.97. The van der Waals surface area contributed by atoms with E-state index in [1.54, 1.807) is 17.7 Å². The highest BCUT2D eigenvalue weighted by Gasteiger charge is 2.17. The molecule has 0 bridgehead atoms. The summed E-state index contributed by atoms with van der Waals surface area (Å²) in [6.07, 6.45) is 6.77. The maximum atomic E-state index is 12.1. The zero-order valence-electron chi connectivity index (χ0n) is 12.9. The summed E-state index contributed by atoms with van der Waals surface area (Å²) in [6, 6.07) is 1.62. The van der Waals surface area contributed by atoms with E-state index in [9.17, 15) is 13.2 Å². The molecule has 8 nitrogen and oxygen atoms in total. The second-order valence-electron chi connectivity index (χ2n) is 5.66. The third kappa shape index (κ3) is 3.50. The van der Waals surface area contributed by atoms with Gasteiger partial charge in [-0.3, -0.25) is 4.79 Å². The molecule has 1 aliphatic rings. The van der Waals surface area contributed by atoms with Gasteiger partial charge in [0.15, 0.2) is 5.03 Å². The smallest absolute Gasteiger partial charge is 0.267 e. The predicted molar refractivity (Wildman–Crippen MR) is 83.5 cm³/mol. The van der Waals surface area contributed by atoms with Crippen molar-refractivity contribution in [3.63, 3.8) is 0 Å². The molecule has 0 unspecified atom stereocenters. The van der Waals surface area contributed by atoms with Crippen LogP contribution in [0.2, 0.25) is 0 Å². The minimum Gasteiger partial charge on any atom is -0.339 e. The van der Waals surface area contributed by atoms with Crippen molar-refractivity contribution in [3.8, 4) is 0 Å². The molecular weight excluding hydrogens is 318 g/mol. The van der Waals surface area contributed by atoms with Crippen LogP contribution in [0.1, 0.15) is 24.1 Å². The average Bonchev–Trinajstić information content (AvgIpc) is 2.95. The minimum absolute atomic E-state index is 0.0363. The van der Waals surface area contributed by atoms with E-state index in [0.29, 0.717) is 0 Å². The van der Waals surface area contributed by atoms with Gasteiger partial charge < -0.3 is 4.57 Å². The quantitative estimate of drug-likeness (QED) is 0.817. The predicted octanol–water partition coefficient (Wildman–Crippen LogP) is -0.166. The van der Waals surface area contributed by atoms with Crippen LogP contribution in [-0.2, 0) is 36.5 Å². The van der Waals surface area contributed by atoms with Crippen molar-refractivity contribution in [2.24, 2.45) is 7.05 Å². The summed E-state index contributed by atoms with van der Waals surface area (Å²) in [5.74, 6) is 0. The first kappa shape index (κ1) is 15.9. The van der Waals surface area contributed by atoms with E-state index in [2.05, 4.69) is 14.8 Å². The standard InChI is InChI=1S/C14H19N5O3S/c1-18-9-13(15-10-18)23(21,22)16-6-7-19-14(20)8-11-4-2-3-5-12(11)17-19/h8-10,16H,2-7H2,1H3. The van der Waals surface area contributed by atoms with Crippen molar-refractivity contribution in [1.29, 1.82) is 0 Å². The molecule has 0 spiro atoms. The van der Waals surface area contributed by atoms with E-state index < -0.39 is 10.0 Å². The molecule has 0 saturated heterocycles. The van der Waals surface area contributed by atoms with Crippen molar-refractivity contribution < 1.29 is 8.42 Å². The van der Waals surface area contributed by atoms with E-state index in [4.69, 9.17) is 0 Å². The molecule has 9 heteroatoms. The molecule has 0 saturated carbocycles. The van der Waals surface area contributed by atoms with E-state index in [1.807, 2.05) is 0 Å². The van der Waals surface area contributed by atoms with Crippen LogP contribution < -0.4 is 10.3 Å². The lowest BCUT2D eigenvalue weighted by Crippen LogP contribution is -2.33. The fourth-order valence-corrected chi connectivity index (χ4v) is 3.65. The number of nitrogens with zero attached hydrogens (tertiary/aromatic N) is 4. The Morgan fingerprint density at radius 1 is 1.30 bits per heavy atom. The Bertz CT molecular complexity index is 869. The summed E-state index contributed by atoms with van der Waals surface area (Å²) in [4.78, 5) is 15.8. The Hall–Kier alpha value is -2.00. The molecule has 1 aliphatic carbocycles. The average molecular weight is 337 g/mol. The molecule has 1 N–H and O–H groups in total. The Labute approximate surface area is 134 Å². The fraction of sp³-hybridized carbons (Fsp3) is 0.500. The van der Waals surface area contributed by atoms with Gasteiger partial charge >= 0.3 is 0 Å². The largest absolute Gasteiger partial charge is 0.339 e. The number of hydrogen-bond acceptors (Lipinski definition) is 5. The molecule has 0 amide bonds. The van der Waals surface area contributed by atoms with Gasteiger partial charge in [0.25, 0.3) is 15.6 Å². The van der Waals surface area contributed by atoms with Crippen molar-refractivity contribution in [2.45, 2.75) is 37.3 Å². The number of rotatable bonds is 5. The molecule has 0 radical (unpaired) electrons. The first-order valence-corrected chi connectivity index (χ1v) is 9.01. The monoisotopic (exact) mass is 337 g/mol. The van der Waals surface area contributed by atoms with Crippen molar-refractivity contribution in [3.05, 3.63) is 40.2 Å². The first-order chi connectivity index (χ1) is 11.0. The highest BCUT2D eigenvalue weighted by Crippen LogP contribution is 2.16. The third-order valence-electron chi connectivity index (χ3n) is 3.85. The molecule has 2 heterocycles. The topological polar surface area (TPSA) is 98.9 Å². The van der Waals surface area contributed by atoms with Gasteiger partial charge in [-0.05, 0) is 31.2 Å². The Balaban J connectivity index is 1.68. The van der Waals surface area contributed by atoms with Crippen LogP contribution in [0.3, 0.4) is 0 Å². The molecule has 0 atom stereocenters. The SMILES string of the molecule is Cn1cnc(S(=O)(=O)NCCn2nc3c(cc2=O)CCCC3)c1. The maximum absolute atomic E-state index is 12.1. The lowest BCUT2D eigenvalue weighted by Gasteiger charge is -2.15. The molecule has 124 valence electrons. The number of aromatic nitrogens is 4. The van der Waals surface area contributed by atoms with Gasteiger partial charge in [-0.2, -0.15) is 5.10 Å². The molecule has 0 aromatic carbocycles. The molecule has 23 heavy (non-hydrogen) atoms. The van der Waals surface area contributed by atoms with Crippen LogP contribution in [0.5, 0.6) is 0 Å². The van der Waals surface area contributed by atoms with Gasteiger partial charge in [-0.15, -0.1) is 0 Å². The van der Waals surface area contributed by atoms with Gasteiger partial charge in [0.05, 0.1) is 18.6 Å². The normalized spacial score (nSPS) is 14.7. The van der Waals surface area contributed by atoms with E-state index >= 15 is 0 Å². The lowest BCUT2D eigenvalue weighted by molar-refractivity contribution is 0.525. The highest BCUT2D eigenvalue weighted by molar-refractivity contribution is 7.89. The van der Waals surface area contributed by atoms with Crippen LogP contribution in [-0.4, -0.2) is 34.3 Å². The zero-order chi connectivity index (χ0) is 16.4. The Kier molecular flexibility index (Phi) is 4.31. The van der Waals surface area contributed by atoms with Crippen molar-refractivity contribution >= 4 is 10.0 Å². The Morgan fingerprint density at radius 2 is 2.09 bits per heavy atom. The van der Waals surface area contributed by atoms with Crippen LogP contribution in [0.4, 0.5) is 0 Å². The Morgan fingerprint density at radius 3 is 2.83 bits per heavy atom. The van der Waals surface area contributed by atoms with Gasteiger partial charge in [0.2, 0.25) is 0 Å². The summed E-state index contributed by atoms with van der Waals surface area (Å²) >= 11 is 0. The molecule has 2 aromatic rings. The summed E-state index contributed by atoms with van der Waals surface area (Å²) < 4.78 is 29.4. The van der Waals surface area contributed by atoms with Gasteiger partial charge in [0, 0.05) is 25.9 Å². The molecule has 0 aliphatic heterocycles. The first-order valence-electron chi connectivity index (χ1n) is 7.53. The minimum atomic E-state index is -3.66. The summed E-state index contributed by atoms with van der Waals surface area (Å²) in [5, 5.41) is 4.32. The second-order valence-corrected chi connectivity index (χ2v) is 7.37. The van der Waals surface area contributed by atoms with Crippen LogP contribution in [0, 0.1) is 0 Å². The molecule has 2 aromatic heterocycles. The van der Waals surface area contributed by atoms with E-state index in [0.717, 1.165) is 36.9 Å². The number of sulfonamides is 1. The maximum Gasteiger partial charge on any atom is 0.267 e. The van der Waals surface area contributed by atoms with Gasteiger partial charge in [0.1, 0.15) is 0 Å². The van der Waals surface area contributed by atoms with Gasteiger partial charge in [-0.1, -0.05) is 0 Å². The fourth-order valence-electron chi connectivity index (χ4n) is 2.65. The van der Waals surface area contributed by atoms with Crippen molar-refractivity contribution in [2.75, 3.05) is 6.54 Å². The molecule has 3 rings (SSSR count). The van der Waals surface area contributed by atoms with E-state index in [-0.39, 0.29) is 23.7 Å².